The van der Waals surface area contributed by atoms with Crippen molar-refractivity contribution >= 4 is 33.4 Å². The van der Waals surface area contributed by atoms with Crippen LogP contribution < -0.4 is 4.74 Å². The summed E-state index contributed by atoms with van der Waals surface area (Å²) in [5, 5.41) is 8.55. The molecule has 0 unspecified atom stereocenters. The molecule has 0 aliphatic carbocycles. The molecule has 0 amide bonds. The highest BCUT2D eigenvalue weighted by molar-refractivity contribution is 7.90. The number of rotatable bonds is 3. The summed E-state index contributed by atoms with van der Waals surface area (Å²) in [5.74, 6) is -2.59. The minimum Gasteiger partial charge on any atom is -0.478 e. The second-order valence-electron chi connectivity index (χ2n) is 3.88. The molecule has 104 valence electrons. The van der Waals surface area contributed by atoms with Crippen LogP contribution >= 0.6 is 11.6 Å². The SMILES string of the molecule is CC(=O)Oc1c(Cl)c(C(=O)O)cc(C)c1S(C)(=O)=O. The number of carbonyl (C=O) groups excluding carboxylic acids is 1. The van der Waals surface area contributed by atoms with Crippen LogP contribution in [0.2, 0.25) is 5.02 Å². The number of carbonyl (C=O) groups is 2. The van der Waals surface area contributed by atoms with E-state index >= 15 is 0 Å². The van der Waals surface area contributed by atoms with Crippen LogP contribution in [0.4, 0.5) is 0 Å². The van der Waals surface area contributed by atoms with Gasteiger partial charge in [0.2, 0.25) is 0 Å². The van der Waals surface area contributed by atoms with Gasteiger partial charge in [0, 0.05) is 13.2 Å². The quantitative estimate of drug-likeness (QED) is 0.674. The number of aryl methyl sites for hydroxylation is 1. The number of hydrogen-bond acceptors (Lipinski definition) is 5. The molecule has 0 radical (unpaired) electrons. The second-order valence-corrected chi connectivity index (χ2v) is 6.21. The van der Waals surface area contributed by atoms with Crippen LogP contribution in [0.3, 0.4) is 0 Å². The van der Waals surface area contributed by atoms with Gasteiger partial charge in [-0.1, -0.05) is 11.6 Å². The van der Waals surface area contributed by atoms with Crippen molar-refractivity contribution in [1.29, 1.82) is 0 Å². The number of halogens is 1. The Labute approximate surface area is 114 Å². The van der Waals surface area contributed by atoms with Gasteiger partial charge in [-0.25, -0.2) is 13.2 Å². The largest absolute Gasteiger partial charge is 0.478 e. The molecule has 0 heterocycles. The summed E-state index contributed by atoms with van der Waals surface area (Å²) < 4.78 is 28.1. The predicted molar refractivity (Wildman–Crippen MR) is 67.6 cm³/mol. The summed E-state index contributed by atoms with van der Waals surface area (Å²) in [5.41, 5.74) is -0.191. The highest BCUT2D eigenvalue weighted by Crippen LogP contribution is 2.37. The number of ether oxygens (including phenoxy) is 1. The fraction of sp³-hybridized carbons (Fsp3) is 0.273. The number of aromatic carboxylic acids is 1. The Hall–Kier alpha value is -1.60. The van der Waals surface area contributed by atoms with E-state index in [-0.39, 0.29) is 16.0 Å². The van der Waals surface area contributed by atoms with Crippen molar-refractivity contribution in [3.05, 3.63) is 22.2 Å². The first-order valence-electron chi connectivity index (χ1n) is 5.00. The maximum absolute atomic E-state index is 11.7. The molecule has 0 aliphatic rings. The van der Waals surface area contributed by atoms with E-state index in [4.69, 9.17) is 21.4 Å². The minimum absolute atomic E-state index is 0.139. The van der Waals surface area contributed by atoms with E-state index in [0.29, 0.717) is 0 Å². The number of sulfone groups is 1. The van der Waals surface area contributed by atoms with Crippen molar-refractivity contribution in [3.8, 4) is 5.75 Å². The van der Waals surface area contributed by atoms with Gasteiger partial charge in [0.1, 0.15) is 4.90 Å². The van der Waals surface area contributed by atoms with E-state index in [1.54, 1.807) is 0 Å². The third-order valence-corrected chi connectivity index (χ3v) is 3.83. The fourth-order valence-corrected chi connectivity index (χ4v) is 3.05. The summed E-state index contributed by atoms with van der Waals surface area (Å²) >= 11 is 5.81. The molecule has 0 aromatic heterocycles. The van der Waals surface area contributed by atoms with Gasteiger partial charge >= 0.3 is 11.9 Å². The van der Waals surface area contributed by atoms with E-state index in [0.717, 1.165) is 19.2 Å². The smallest absolute Gasteiger partial charge is 0.337 e. The first kappa shape index (κ1) is 15.5. The number of esters is 1. The summed E-state index contributed by atoms with van der Waals surface area (Å²) in [7, 11) is -3.73. The van der Waals surface area contributed by atoms with Gasteiger partial charge in [-0.15, -0.1) is 0 Å². The molecule has 6 nitrogen and oxygen atoms in total. The molecule has 19 heavy (non-hydrogen) atoms. The van der Waals surface area contributed by atoms with Crippen LogP contribution in [-0.2, 0) is 14.6 Å². The highest BCUT2D eigenvalue weighted by atomic mass is 35.5. The monoisotopic (exact) mass is 306 g/mol. The van der Waals surface area contributed by atoms with Crippen molar-refractivity contribution in [3.63, 3.8) is 0 Å². The molecular formula is C11H11ClO6S. The molecule has 1 aromatic carbocycles. The Bertz CT molecular complexity index is 662. The highest BCUT2D eigenvalue weighted by Gasteiger charge is 2.26. The zero-order chi connectivity index (χ0) is 15.0. The molecule has 1 rings (SSSR count). The summed E-state index contributed by atoms with van der Waals surface area (Å²) in [6.07, 6.45) is 0.916. The lowest BCUT2D eigenvalue weighted by Gasteiger charge is -2.14. The van der Waals surface area contributed by atoms with Crippen LogP contribution in [0, 0.1) is 6.92 Å². The lowest BCUT2D eigenvalue weighted by molar-refractivity contribution is -0.132. The van der Waals surface area contributed by atoms with Crippen molar-refractivity contribution in [2.75, 3.05) is 6.26 Å². The van der Waals surface area contributed by atoms with Gasteiger partial charge in [0.05, 0.1) is 10.6 Å². The second kappa shape index (κ2) is 5.18. The van der Waals surface area contributed by atoms with Gasteiger partial charge in [-0.05, 0) is 18.6 Å². The Balaban J connectivity index is 3.79. The average molecular weight is 307 g/mol. The molecule has 0 aliphatic heterocycles. The Morgan fingerprint density at radius 2 is 1.89 bits per heavy atom. The number of carboxylic acid groups (broad SMARTS) is 1. The van der Waals surface area contributed by atoms with Crippen LogP contribution in [0.15, 0.2) is 11.0 Å². The summed E-state index contributed by atoms with van der Waals surface area (Å²) in [6, 6.07) is 1.12. The Kier molecular flexibility index (Phi) is 4.21. The van der Waals surface area contributed by atoms with Gasteiger partial charge in [-0.3, -0.25) is 4.79 Å². The summed E-state index contributed by atoms with van der Waals surface area (Å²) in [4.78, 5) is 21.7. The lowest BCUT2D eigenvalue weighted by Crippen LogP contribution is -2.12. The molecule has 0 spiro atoms. The topological polar surface area (TPSA) is 97.7 Å². The molecule has 8 heteroatoms. The first-order valence-corrected chi connectivity index (χ1v) is 7.27. The molecule has 0 bridgehead atoms. The van der Waals surface area contributed by atoms with Crippen molar-refractivity contribution in [2.45, 2.75) is 18.7 Å². The van der Waals surface area contributed by atoms with Crippen LogP contribution in [-0.4, -0.2) is 31.7 Å². The Morgan fingerprint density at radius 3 is 2.26 bits per heavy atom. The third-order valence-electron chi connectivity index (χ3n) is 2.21. The van der Waals surface area contributed by atoms with Crippen molar-refractivity contribution in [1.82, 2.24) is 0 Å². The van der Waals surface area contributed by atoms with Gasteiger partial charge in [0.15, 0.2) is 15.6 Å². The molecule has 0 fully saturated rings. The maximum Gasteiger partial charge on any atom is 0.337 e. The normalized spacial score (nSPS) is 11.2. The summed E-state index contributed by atoms with van der Waals surface area (Å²) in [6.45, 7) is 2.46. The number of carboxylic acids is 1. The lowest BCUT2D eigenvalue weighted by atomic mass is 10.1. The van der Waals surface area contributed by atoms with Crippen molar-refractivity contribution in [2.24, 2.45) is 0 Å². The molecule has 1 aromatic rings. The van der Waals surface area contributed by atoms with Gasteiger partial charge < -0.3 is 9.84 Å². The van der Waals surface area contributed by atoms with Crippen LogP contribution in [0.25, 0.3) is 0 Å². The van der Waals surface area contributed by atoms with E-state index in [1.807, 2.05) is 0 Å². The Morgan fingerprint density at radius 1 is 1.37 bits per heavy atom. The fourth-order valence-electron chi connectivity index (χ4n) is 1.60. The van der Waals surface area contributed by atoms with E-state index < -0.39 is 32.5 Å². The van der Waals surface area contributed by atoms with Crippen molar-refractivity contribution < 1.29 is 27.9 Å². The third kappa shape index (κ3) is 3.24. The molecule has 0 atom stereocenters. The molecule has 0 saturated carbocycles. The van der Waals surface area contributed by atoms with E-state index in [9.17, 15) is 18.0 Å². The molecule has 1 N–H and O–H groups in total. The number of benzene rings is 1. The van der Waals surface area contributed by atoms with Crippen LogP contribution in [0.5, 0.6) is 5.75 Å². The molecular weight excluding hydrogens is 296 g/mol. The first-order chi connectivity index (χ1) is 8.55. The van der Waals surface area contributed by atoms with E-state index in [1.165, 1.54) is 6.92 Å². The zero-order valence-electron chi connectivity index (χ0n) is 10.4. The molecule has 0 saturated heterocycles. The number of hydrogen-bond donors (Lipinski definition) is 1. The predicted octanol–water partition coefficient (Wildman–Crippen LogP) is 1.68. The van der Waals surface area contributed by atoms with Crippen LogP contribution in [0.1, 0.15) is 22.8 Å². The van der Waals surface area contributed by atoms with Gasteiger partial charge in [0.25, 0.3) is 0 Å². The van der Waals surface area contributed by atoms with Gasteiger partial charge in [-0.2, -0.15) is 0 Å². The average Bonchev–Trinajstić information content (AvgIpc) is 2.19. The minimum atomic E-state index is -3.73. The standard InChI is InChI=1S/C11H11ClO6S/c1-5-4-7(11(14)15)8(12)9(18-6(2)13)10(5)19(3,16)17/h4H,1-3H3,(H,14,15). The van der Waals surface area contributed by atoms with E-state index in [2.05, 4.69) is 0 Å². The maximum atomic E-state index is 11.7. The zero-order valence-corrected chi connectivity index (χ0v) is 11.9.